The monoisotopic (exact) mass is 324 g/mol. The molecular weight excluding hydrogens is 319 g/mol. The van der Waals surface area contributed by atoms with Crippen LogP contribution in [-0.4, -0.2) is 23.0 Å². The van der Waals surface area contributed by atoms with Crippen LogP contribution < -0.4 is 5.32 Å². The Labute approximate surface area is 119 Å². The number of halogens is 6. The molecule has 0 aliphatic carbocycles. The van der Waals surface area contributed by atoms with E-state index in [0.29, 0.717) is 0 Å². The van der Waals surface area contributed by atoms with Crippen molar-refractivity contribution >= 4 is 34.1 Å². The molecule has 2 rings (SSSR count). The van der Waals surface area contributed by atoms with Crippen molar-refractivity contribution in [3.05, 3.63) is 35.5 Å². The largest absolute Gasteiger partial charge is 0.463 e. The van der Waals surface area contributed by atoms with E-state index in [1.165, 1.54) is 24.4 Å². The van der Waals surface area contributed by atoms with Crippen molar-refractivity contribution in [2.75, 3.05) is 5.32 Å². The minimum absolute atomic E-state index is 0.149. The number of nitrogens with zero attached hydrogens (tertiary/aromatic N) is 1. The summed E-state index contributed by atoms with van der Waals surface area (Å²) in [4.78, 5) is 15.0. The second-order valence-electron chi connectivity index (χ2n) is 4.02. The number of rotatable bonds is 2. The molecule has 1 heterocycles. The van der Waals surface area contributed by atoms with Crippen molar-refractivity contribution in [2.24, 2.45) is 0 Å². The molecular formula is C12H6ClF5N2O. The van der Waals surface area contributed by atoms with Gasteiger partial charge in [0.15, 0.2) is 0 Å². The molecule has 2 aromatic rings. The third-order valence-electron chi connectivity index (χ3n) is 2.61. The zero-order valence-electron chi connectivity index (χ0n) is 10.0. The fourth-order valence-corrected chi connectivity index (χ4v) is 1.79. The first-order valence-electron chi connectivity index (χ1n) is 5.44. The Kier molecular flexibility index (Phi) is 3.75. The number of carbonyl (C=O) groups is 1. The van der Waals surface area contributed by atoms with E-state index in [1.54, 1.807) is 5.32 Å². The number of carbonyl (C=O) groups excluding carboxylic acids is 1. The van der Waals surface area contributed by atoms with Crippen LogP contribution in [-0.2, 0) is 4.79 Å². The zero-order chi connectivity index (χ0) is 15.8. The van der Waals surface area contributed by atoms with Gasteiger partial charge in [0.1, 0.15) is 0 Å². The highest BCUT2D eigenvalue weighted by molar-refractivity contribution is 6.35. The standard InChI is InChI=1S/C12H6ClF5N2O/c13-7-3-4-8(6-2-1-5-19-9(6)7)20-10(21)11(14,15)12(16,17)18/h1-5H,(H,20,21). The van der Waals surface area contributed by atoms with E-state index in [9.17, 15) is 26.7 Å². The van der Waals surface area contributed by atoms with Gasteiger partial charge in [-0.15, -0.1) is 0 Å². The molecule has 3 nitrogen and oxygen atoms in total. The number of aromatic nitrogens is 1. The van der Waals surface area contributed by atoms with Crippen LogP contribution in [0, 0.1) is 0 Å². The van der Waals surface area contributed by atoms with E-state index in [4.69, 9.17) is 11.6 Å². The van der Waals surface area contributed by atoms with E-state index in [-0.39, 0.29) is 21.6 Å². The molecule has 0 radical (unpaired) electrons. The quantitative estimate of drug-likeness (QED) is 0.848. The minimum atomic E-state index is -5.97. The van der Waals surface area contributed by atoms with Crippen molar-refractivity contribution in [2.45, 2.75) is 12.1 Å². The molecule has 1 aromatic carbocycles. The normalized spacial score (nSPS) is 12.5. The maximum atomic E-state index is 12.9. The highest BCUT2D eigenvalue weighted by Gasteiger charge is 2.63. The molecule has 0 saturated carbocycles. The van der Waals surface area contributed by atoms with Gasteiger partial charge in [-0.3, -0.25) is 9.78 Å². The van der Waals surface area contributed by atoms with Gasteiger partial charge in [-0.25, -0.2) is 0 Å². The number of anilines is 1. The zero-order valence-corrected chi connectivity index (χ0v) is 10.8. The summed E-state index contributed by atoms with van der Waals surface area (Å²) in [5.74, 6) is -7.97. The lowest BCUT2D eigenvalue weighted by molar-refractivity contribution is -0.267. The van der Waals surface area contributed by atoms with Gasteiger partial charge in [0, 0.05) is 11.6 Å². The van der Waals surface area contributed by atoms with Crippen LogP contribution in [0.1, 0.15) is 0 Å². The fourth-order valence-electron chi connectivity index (χ4n) is 1.58. The van der Waals surface area contributed by atoms with Crippen LogP contribution in [0.3, 0.4) is 0 Å². The fraction of sp³-hybridized carbons (Fsp3) is 0.167. The Balaban J connectivity index is 2.42. The third-order valence-corrected chi connectivity index (χ3v) is 2.91. The van der Waals surface area contributed by atoms with Crippen LogP contribution in [0.2, 0.25) is 5.02 Å². The lowest BCUT2D eigenvalue weighted by atomic mass is 10.1. The summed E-state index contributed by atoms with van der Waals surface area (Å²) in [6.45, 7) is 0. The van der Waals surface area contributed by atoms with Crippen LogP contribution in [0.15, 0.2) is 30.5 Å². The van der Waals surface area contributed by atoms with Gasteiger partial charge in [0.05, 0.1) is 16.2 Å². The van der Waals surface area contributed by atoms with Crippen molar-refractivity contribution < 1.29 is 26.7 Å². The summed E-state index contributed by atoms with van der Waals surface area (Å²) in [5.41, 5.74) is -0.0660. The average molecular weight is 325 g/mol. The highest BCUT2D eigenvalue weighted by atomic mass is 35.5. The molecule has 0 bridgehead atoms. The molecule has 1 N–H and O–H groups in total. The van der Waals surface area contributed by atoms with E-state index in [1.807, 2.05) is 0 Å². The number of amides is 1. The summed E-state index contributed by atoms with van der Waals surface area (Å²) < 4.78 is 62.2. The lowest BCUT2D eigenvalue weighted by Gasteiger charge is -2.19. The Morgan fingerprint density at radius 2 is 1.81 bits per heavy atom. The van der Waals surface area contributed by atoms with Gasteiger partial charge < -0.3 is 5.32 Å². The smallest absolute Gasteiger partial charge is 0.320 e. The highest BCUT2D eigenvalue weighted by Crippen LogP contribution is 2.37. The van der Waals surface area contributed by atoms with Crippen LogP contribution >= 0.6 is 11.6 Å². The molecule has 0 fully saturated rings. The third kappa shape index (κ3) is 2.76. The van der Waals surface area contributed by atoms with Crippen LogP contribution in [0.5, 0.6) is 0 Å². The second-order valence-corrected chi connectivity index (χ2v) is 4.43. The number of benzene rings is 1. The first kappa shape index (κ1) is 15.4. The lowest BCUT2D eigenvalue weighted by Crippen LogP contribution is -2.47. The first-order valence-corrected chi connectivity index (χ1v) is 5.81. The van der Waals surface area contributed by atoms with Crippen LogP contribution in [0.4, 0.5) is 27.6 Å². The summed E-state index contributed by atoms with van der Waals surface area (Å²) in [6, 6.07) is 5.17. The maximum Gasteiger partial charge on any atom is 0.463 e. The SMILES string of the molecule is O=C(Nc1ccc(Cl)c2ncccc12)C(F)(F)C(F)(F)F. The van der Waals surface area contributed by atoms with E-state index in [2.05, 4.69) is 4.98 Å². The molecule has 0 spiro atoms. The van der Waals surface area contributed by atoms with Crippen LogP contribution in [0.25, 0.3) is 10.9 Å². The molecule has 9 heteroatoms. The number of hydrogen-bond acceptors (Lipinski definition) is 2. The van der Waals surface area contributed by atoms with Crippen molar-refractivity contribution in [3.63, 3.8) is 0 Å². The van der Waals surface area contributed by atoms with Gasteiger partial charge in [0.2, 0.25) is 0 Å². The summed E-state index contributed by atoms with van der Waals surface area (Å²) in [7, 11) is 0. The second kappa shape index (κ2) is 5.10. The number of hydrogen-bond donors (Lipinski definition) is 1. The molecule has 0 aliphatic heterocycles. The van der Waals surface area contributed by atoms with Gasteiger partial charge in [-0.2, -0.15) is 22.0 Å². The number of pyridine rings is 1. The molecule has 0 unspecified atom stereocenters. The summed E-state index contributed by atoms with van der Waals surface area (Å²) in [5, 5.41) is 1.87. The molecule has 1 amide bonds. The number of alkyl halides is 5. The Hall–Kier alpha value is -1.96. The van der Waals surface area contributed by atoms with Crippen molar-refractivity contribution in [1.29, 1.82) is 0 Å². The van der Waals surface area contributed by atoms with Gasteiger partial charge >= 0.3 is 18.0 Å². The molecule has 21 heavy (non-hydrogen) atoms. The maximum absolute atomic E-state index is 12.9. The van der Waals surface area contributed by atoms with E-state index < -0.39 is 18.0 Å². The molecule has 112 valence electrons. The van der Waals surface area contributed by atoms with Gasteiger partial charge in [-0.1, -0.05) is 11.6 Å². The average Bonchev–Trinajstić information content (AvgIpc) is 2.41. The van der Waals surface area contributed by atoms with E-state index in [0.717, 1.165) is 6.07 Å². The Morgan fingerprint density at radius 3 is 2.43 bits per heavy atom. The Bertz CT molecular complexity index is 702. The molecule has 0 aliphatic rings. The number of nitrogens with one attached hydrogen (secondary N) is 1. The summed E-state index contributed by atoms with van der Waals surface area (Å²) >= 11 is 5.82. The topological polar surface area (TPSA) is 42.0 Å². The Morgan fingerprint density at radius 1 is 1.14 bits per heavy atom. The van der Waals surface area contributed by atoms with E-state index >= 15 is 0 Å². The number of fused-ring (bicyclic) bond motifs is 1. The van der Waals surface area contributed by atoms with Crippen molar-refractivity contribution in [3.8, 4) is 0 Å². The molecule has 1 aromatic heterocycles. The van der Waals surface area contributed by atoms with Gasteiger partial charge in [0.25, 0.3) is 0 Å². The van der Waals surface area contributed by atoms with Gasteiger partial charge in [-0.05, 0) is 24.3 Å². The predicted octanol–water partition coefficient (Wildman–Crippen LogP) is 4.02. The van der Waals surface area contributed by atoms with Crippen molar-refractivity contribution in [1.82, 2.24) is 4.98 Å². The first-order chi connectivity index (χ1) is 9.64. The summed E-state index contributed by atoms with van der Waals surface area (Å²) in [6.07, 6.45) is -4.61. The molecule has 0 saturated heterocycles. The molecule has 0 atom stereocenters. The minimum Gasteiger partial charge on any atom is -0.320 e. The predicted molar refractivity (Wildman–Crippen MR) is 66.4 cm³/mol.